The second kappa shape index (κ2) is 8.02. The van der Waals surface area contributed by atoms with Gasteiger partial charge in [-0.3, -0.25) is 5.10 Å². The summed E-state index contributed by atoms with van der Waals surface area (Å²) in [7, 11) is 0. The number of rotatable bonds is 3. The Morgan fingerprint density at radius 3 is 2.53 bits per heavy atom. The molecule has 2 N–H and O–H groups in total. The van der Waals surface area contributed by atoms with Crippen molar-refractivity contribution < 1.29 is 8.78 Å². The average molecular weight is 430 g/mol. The molecule has 1 saturated heterocycles. The lowest BCUT2D eigenvalue weighted by atomic mass is 9.93. The van der Waals surface area contributed by atoms with Crippen LogP contribution in [0.15, 0.2) is 42.5 Å². The number of aryl methyl sites for hydroxylation is 1. The number of nitriles is 1. The van der Waals surface area contributed by atoms with Crippen molar-refractivity contribution in [2.45, 2.75) is 6.92 Å². The zero-order valence-corrected chi connectivity index (χ0v) is 17.4. The number of nitrogens with zero attached hydrogens (tertiary/aromatic N) is 4. The van der Waals surface area contributed by atoms with E-state index in [9.17, 15) is 14.0 Å². The molecule has 1 aliphatic rings. The van der Waals surface area contributed by atoms with Gasteiger partial charge in [-0.1, -0.05) is 18.2 Å². The maximum atomic E-state index is 14.6. The number of fused-ring (bicyclic) bond motifs is 1. The van der Waals surface area contributed by atoms with Gasteiger partial charge in [-0.25, -0.2) is 13.8 Å². The summed E-state index contributed by atoms with van der Waals surface area (Å²) in [5, 5.41) is 21.2. The standard InChI is InChI=1S/C24H20F2N6/c1-14-20-21(15-5-7-16(8-6-15)32-11-9-28-10-12-32)18(13-27)23(29-24(20)31-30-14)17-3-2-4-19(25)22(17)26/h2-8,28H,9-12H2,1H3,(H,29,30,31). The summed E-state index contributed by atoms with van der Waals surface area (Å²) in [6.07, 6.45) is 0. The van der Waals surface area contributed by atoms with Gasteiger partial charge in [-0.05, 0) is 36.8 Å². The quantitative estimate of drug-likeness (QED) is 0.510. The fraction of sp³-hybridized carbons (Fsp3) is 0.208. The molecule has 32 heavy (non-hydrogen) atoms. The Morgan fingerprint density at radius 1 is 1.06 bits per heavy atom. The van der Waals surface area contributed by atoms with Crippen LogP contribution in [-0.2, 0) is 0 Å². The maximum absolute atomic E-state index is 14.6. The Kier molecular flexibility index (Phi) is 5.04. The van der Waals surface area contributed by atoms with Crippen molar-refractivity contribution in [3.8, 4) is 28.5 Å². The zero-order valence-electron chi connectivity index (χ0n) is 17.4. The van der Waals surface area contributed by atoms with Crippen molar-refractivity contribution in [3.63, 3.8) is 0 Å². The summed E-state index contributed by atoms with van der Waals surface area (Å²) in [5.41, 5.74) is 3.77. The molecule has 1 aliphatic heterocycles. The Hall–Kier alpha value is -3.83. The van der Waals surface area contributed by atoms with Crippen molar-refractivity contribution in [3.05, 3.63) is 65.4 Å². The monoisotopic (exact) mass is 430 g/mol. The highest BCUT2D eigenvalue weighted by molar-refractivity contribution is 6.00. The Bertz CT molecular complexity index is 1350. The third-order valence-electron chi connectivity index (χ3n) is 5.84. The van der Waals surface area contributed by atoms with Crippen LogP contribution in [0.25, 0.3) is 33.4 Å². The number of piperazine rings is 1. The van der Waals surface area contributed by atoms with Crippen LogP contribution in [0.1, 0.15) is 11.3 Å². The van der Waals surface area contributed by atoms with Gasteiger partial charge >= 0.3 is 0 Å². The molecule has 4 aromatic rings. The first-order valence-corrected chi connectivity index (χ1v) is 10.4. The number of H-pyrrole nitrogens is 1. The third kappa shape index (κ3) is 3.27. The van der Waals surface area contributed by atoms with Crippen LogP contribution in [0.3, 0.4) is 0 Å². The van der Waals surface area contributed by atoms with Crippen molar-refractivity contribution >= 4 is 16.7 Å². The minimum atomic E-state index is -1.04. The SMILES string of the molecule is Cc1[nH]nc2nc(-c3cccc(F)c3F)c(C#N)c(-c3ccc(N4CCNCC4)cc3)c12. The van der Waals surface area contributed by atoms with Gasteiger partial charge in [-0.2, -0.15) is 10.4 Å². The normalized spacial score (nSPS) is 14.0. The maximum Gasteiger partial charge on any atom is 0.182 e. The number of aromatic amines is 1. The first kappa shape index (κ1) is 20.1. The van der Waals surface area contributed by atoms with E-state index in [0.717, 1.165) is 49.2 Å². The highest BCUT2D eigenvalue weighted by Crippen LogP contribution is 2.38. The number of benzene rings is 2. The van der Waals surface area contributed by atoms with Crippen LogP contribution in [0.4, 0.5) is 14.5 Å². The van der Waals surface area contributed by atoms with Crippen LogP contribution < -0.4 is 10.2 Å². The predicted octanol–water partition coefficient (Wildman–Crippen LogP) is 4.16. The Labute approximate surface area is 183 Å². The van der Waals surface area contributed by atoms with E-state index in [0.29, 0.717) is 16.6 Å². The van der Waals surface area contributed by atoms with Gasteiger partial charge in [0.15, 0.2) is 17.3 Å². The molecule has 2 aromatic carbocycles. The molecule has 0 bridgehead atoms. The Morgan fingerprint density at radius 2 is 1.81 bits per heavy atom. The van der Waals surface area contributed by atoms with E-state index in [4.69, 9.17) is 0 Å². The van der Waals surface area contributed by atoms with Crippen molar-refractivity contribution in [2.24, 2.45) is 0 Å². The van der Waals surface area contributed by atoms with E-state index in [1.807, 2.05) is 31.2 Å². The molecule has 0 radical (unpaired) electrons. The van der Waals surface area contributed by atoms with Crippen LogP contribution >= 0.6 is 0 Å². The molecular formula is C24H20F2N6. The fourth-order valence-corrected chi connectivity index (χ4v) is 4.24. The van der Waals surface area contributed by atoms with Gasteiger partial charge in [0.1, 0.15) is 6.07 Å². The molecule has 8 heteroatoms. The molecule has 3 heterocycles. The number of nitrogens with one attached hydrogen (secondary N) is 2. The van der Waals surface area contributed by atoms with Crippen LogP contribution in [0.2, 0.25) is 0 Å². The lowest BCUT2D eigenvalue weighted by Crippen LogP contribution is -2.43. The second-order valence-corrected chi connectivity index (χ2v) is 7.75. The number of hydrogen-bond donors (Lipinski definition) is 2. The lowest BCUT2D eigenvalue weighted by molar-refractivity contribution is 0.511. The smallest absolute Gasteiger partial charge is 0.182 e. The van der Waals surface area contributed by atoms with E-state index in [1.54, 1.807) is 0 Å². The zero-order chi connectivity index (χ0) is 22.2. The molecule has 0 unspecified atom stereocenters. The summed E-state index contributed by atoms with van der Waals surface area (Å²) in [6, 6.07) is 14.0. The van der Waals surface area contributed by atoms with Gasteiger partial charge in [0, 0.05) is 48.7 Å². The minimum absolute atomic E-state index is 0.0669. The molecule has 0 amide bonds. The molecule has 0 saturated carbocycles. The molecule has 2 aromatic heterocycles. The van der Waals surface area contributed by atoms with Gasteiger partial charge in [0.05, 0.1) is 16.6 Å². The second-order valence-electron chi connectivity index (χ2n) is 7.75. The molecule has 0 spiro atoms. The van der Waals surface area contributed by atoms with Gasteiger partial charge in [0.25, 0.3) is 0 Å². The highest BCUT2D eigenvalue weighted by atomic mass is 19.2. The fourth-order valence-electron chi connectivity index (χ4n) is 4.24. The van der Waals surface area contributed by atoms with E-state index >= 15 is 0 Å². The topological polar surface area (TPSA) is 80.6 Å². The molecule has 5 rings (SSSR count). The largest absolute Gasteiger partial charge is 0.369 e. The summed E-state index contributed by atoms with van der Waals surface area (Å²) < 4.78 is 28.6. The first-order chi connectivity index (χ1) is 15.6. The summed E-state index contributed by atoms with van der Waals surface area (Å²) in [5.74, 6) is -2.03. The van der Waals surface area contributed by atoms with E-state index < -0.39 is 11.6 Å². The number of pyridine rings is 1. The van der Waals surface area contributed by atoms with Crippen molar-refractivity contribution in [2.75, 3.05) is 31.1 Å². The first-order valence-electron chi connectivity index (χ1n) is 10.4. The number of halogens is 2. The molecule has 6 nitrogen and oxygen atoms in total. The number of anilines is 1. The van der Waals surface area contributed by atoms with Crippen molar-refractivity contribution in [1.29, 1.82) is 5.26 Å². The number of hydrogen-bond acceptors (Lipinski definition) is 5. The molecule has 0 atom stereocenters. The molecule has 0 aliphatic carbocycles. The van der Waals surface area contributed by atoms with E-state index in [-0.39, 0.29) is 16.8 Å². The van der Waals surface area contributed by atoms with E-state index in [2.05, 4.69) is 31.5 Å². The highest BCUT2D eigenvalue weighted by Gasteiger charge is 2.23. The van der Waals surface area contributed by atoms with Crippen LogP contribution in [0, 0.1) is 29.9 Å². The summed E-state index contributed by atoms with van der Waals surface area (Å²) in [4.78, 5) is 6.73. The molecule has 160 valence electrons. The summed E-state index contributed by atoms with van der Waals surface area (Å²) >= 11 is 0. The van der Waals surface area contributed by atoms with Gasteiger partial charge in [0.2, 0.25) is 0 Å². The van der Waals surface area contributed by atoms with Gasteiger partial charge in [-0.15, -0.1) is 0 Å². The lowest BCUT2D eigenvalue weighted by Gasteiger charge is -2.29. The average Bonchev–Trinajstić information content (AvgIpc) is 3.20. The van der Waals surface area contributed by atoms with Crippen LogP contribution in [0.5, 0.6) is 0 Å². The summed E-state index contributed by atoms with van der Waals surface area (Å²) in [6.45, 7) is 5.56. The van der Waals surface area contributed by atoms with Crippen LogP contribution in [-0.4, -0.2) is 41.4 Å². The molecular weight excluding hydrogens is 410 g/mol. The van der Waals surface area contributed by atoms with E-state index in [1.165, 1.54) is 12.1 Å². The Balaban J connectivity index is 1.72. The number of aromatic nitrogens is 3. The molecule has 1 fully saturated rings. The predicted molar refractivity (Wildman–Crippen MR) is 119 cm³/mol. The van der Waals surface area contributed by atoms with Gasteiger partial charge < -0.3 is 10.2 Å². The van der Waals surface area contributed by atoms with Crippen molar-refractivity contribution in [1.82, 2.24) is 20.5 Å². The minimum Gasteiger partial charge on any atom is -0.369 e. The third-order valence-corrected chi connectivity index (χ3v) is 5.84.